The monoisotopic (exact) mass is 336 g/mol. The molecule has 1 heterocycles. The molecule has 0 aliphatic carbocycles. The van der Waals surface area contributed by atoms with E-state index < -0.39 is 12.0 Å². The summed E-state index contributed by atoms with van der Waals surface area (Å²) in [7, 11) is 1.51. The third kappa shape index (κ3) is 3.80. The molecule has 132 valence electrons. The first kappa shape index (κ1) is 18.1. The molecule has 0 saturated carbocycles. The highest BCUT2D eigenvalue weighted by atomic mass is 16.5. The Labute approximate surface area is 140 Å². The first-order chi connectivity index (χ1) is 11.3. The molecule has 0 fully saturated rings. The van der Waals surface area contributed by atoms with Gasteiger partial charge >= 0.3 is 0 Å². The van der Waals surface area contributed by atoms with E-state index in [-0.39, 0.29) is 18.4 Å². The fourth-order valence-corrected chi connectivity index (χ4v) is 2.38. The van der Waals surface area contributed by atoms with Gasteiger partial charge in [0.25, 0.3) is 5.91 Å². The lowest BCUT2D eigenvalue weighted by Crippen LogP contribution is -2.35. The predicted molar refractivity (Wildman–Crippen MR) is 90.7 cm³/mol. The second kappa shape index (κ2) is 7.55. The van der Waals surface area contributed by atoms with Crippen molar-refractivity contribution in [3.05, 3.63) is 23.5 Å². The number of methoxy groups -OCH3 is 1. The number of furan rings is 1. The van der Waals surface area contributed by atoms with E-state index in [1.807, 2.05) is 13.8 Å². The Morgan fingerprint density at radius 1 is 1.42 bits per heavy atom. The number of benzene rings is 1. The predicted octanol–water partition coefficient (Wildman–Crippen LogP) is 1.59. The fraction of sp³-hybridized carbons (Fsp3) is 0.471. The lowest BCUT2D eigenvalue weighted by atomic mass is 10.1. The molecule has 1 aromatic carbocycles. The highest BCUT2D eigenvalue weighted by Gasteiger charge is 2.21. The van der Waals surface area contributed by atoms with Crippen LogP contribution in [0, 0.1) is 6.92 Å². The molecule has 0 spiro atoms. The Morgan fingerprint density at radius 3 is 2.71 bits per heavy atom. The number of aliphatic hydroxyl groups is 1. The van der Waals surface area contributed by atoms with Gasteiger partial charge in [0.2, 0.25) is 5.75 Å². The largest absolute Gasteiger partial charge is 0.493 e. The van der Waals surface area contributed by atoms with Gasteiger partial charge in [-0.15, -0.1) is 0 Å². The molecule has 24 heavy (non-hydrogen) atoms. The molecule has 0 saturated heterocycles. The van der Waals surface area contributed by atoms with Gasteiger partial charge in [0.1, 0.15) is 12.7 Å². The van der Waals surface area contributed by atoms with Gasteiger partial charge in [-0.1, -0.05) is 13.8 Å². The molecular weight excluding hydrogens is 312 g/mol. The van der Waals surface area contributed by atoms with Gasteiger partial charge in [-0.25, -0.2) is 0 Å². The summed E-state index contributed by atoms with van der Waals surface area (Å²) in [5.41, 5.74) is 6.36. The molecule has 4 N–H and O–H groups in total. The molecular formula is C17H24N2O5. The Kier molecular flexibility index (Phi) is 5.69. The number of amides is 1. The third-order valence-electron chi connectivity index (χ3n) is 3.65. The average molecular weight is 336 g/mol. The van der Waals surface area contributed by atoms with Gasteiger partial charge in [0.05, 0.1) is 7.11 Å². The van der Waals surface area contributed by atoms with Crippen LogP contribution < -0.4 is 20.5 Å². The van der Waals surface area contributed by atoms with Crippen molar-refractivity contribution in [1.29, 1.82) is 0 Å². The normalized spacial score (nSPS) is 12.6. The minimum atomic E-state index is -0.695. The zero-order valence-electron chi connectivity index (χ0n) is 14.4. The van der Waals surface area contributed by atoms with Crippen LogP contribution in [0.15, 0.2) is 16.5 Å². The zero-order valence-corrected chi connectivity index (χ0v) is 14.4. The summed E-state index contributed by atoms with van der Waals surface area (Å²) >= 11 is 0. The first-order valence-corrected chi connectivity index (χ1v) is 7.79. The molecule has 7 nitrogen and oxygen atoms in total. The maximum atomic E-state index is 11.5. The van der Waals surface area contributed by atoms with Crippen LogP contribution in [0.3, 0.4) is 0 Å². The molecule has 2 rings (SSSR count). The molecule has 0 radical (unpaired) electrons. The van der Waals surface area contributed by atoms with Gasteiger partial charge in [0.15, 0.2) is 17.1 Å². The van der Waals surface area contributed by atoms with Crippen LogP contribution in [-0.2, 0) is 0 Å². The lowest BCUT2D eigenvalue weighted by molar-refractivity contribution is 0.0970. The number of aliphatic hydroxyl groups excluding tert-OH is 1. The summed E-state index contributed by atoms with van der Waals surface area (Å²) in [5, 5.41) is 13.9. The lowest BCUT2D eigenvalue weighted by Gasteiger charge is -2.16. The summed E-state index contributed by atoms with van der Waals surface area (Å²) in [5.74, 6) is 0.241. The molecule has 2 aromatic rings. The number of carbonyl (C=O) groups is 1. The highest BCUT2D eigenvalue weighted by molar-refractivity contribution is 6.00. The summed E-state index contributed by atoms with van der Waals surface area (Å²) < 4.78 is 16.6. The van der Waals surface area contributed by atoms with Gasteiger partial charge in [0, 0.05) is 23.5 Å². The van der Waals surface area contributed by atoms with Crippen LogP contribution >= 0.6 is 0 Å². The van der Waals surface area contributed by atoms with Crippen molar-refractivity contribution >= 4 is 16.9 Å². The summed E-state index contributed by atoms with van der Waals surface area (Å²) in [6.45, 7) is 6.20. The molecule has 1 amide bonds. The Balaban J connectivity index is 2.30. The van der Waals surface area contributed by atoms with Crippen LogP contribution in [0.1, 0.15) is 30.0 Å². The van der Waals surface area contributed by atoms with E-state index in [0.717, 1.165) is 5.39 Å². The molecule has 1 atom stereocenters. The number of carbonyl (C=O) groups excluding carboxylic acids is 1. The number of nitrogens with one attached hydrogen (secondary N) is 1. The highest BCUT2D eigenvalue weighted by Crippen LogP contribution is 2.39. The minimum absolute atomic E-state index is 0.0564. The number of rotatable bonds is 8. The Bertz CT molecular complexity index is 723. The van der Waals surface area contributed by atoms with E-state index in [2.05, 4.69) is 5.32 Å². The van der Waals surface area contributed by atoms with Crippen molar-refractivity contribution in [2.45, 2.75) is 32.9 Å². The Hall–Kier alpha value is -2.25. The molecule has 7 heteroatoms. The number of fused-ring (bicyclic) bond motifs is 1. The van der Waals surface area contributed by atoms with Crippen LogP contribution in [0.2, 0.25) is 0 Å². The van der Waals surface area contributed by atoms with Crippen molar-refractivity contribution < 1.29 is 23.8 Å². The van der Waals surface area contributed by atoms with E-state index in [0.29, 0.717) is 29.2 Å². The minimum Gasteiger partial charge on any atom is -0.493 e. The van der Waals surface area contributed by atoms with Gasteiger partial charge in [-0.3, -0.25) is 4.79 Å². The second-order valence-corrected chi connectivity index (χ2v) is 5.92. The third-order valence-corrected chi connectivity index (χ3v) is 3.65. The number of hydrogen-bond acceptors (Lipinski definition) is 6. The van der Waals surface area contributed by atoms with E-state index in [1.54, 1.807) is 19.1 Å². The van der Waals surface area contributed by atoms with Crippen LogP contribution in [0.25, 0.3) is 11.0 Å². The number of ether oxygens (including phenoxy) is 2. The summed E-state index contributed by atoms with van der Waals surface area (Å²) in [6.07, 6.45) is -0.695. The first-order valence-electron chi connectivity index (χ1n) is 7.79. The van der Waals surface area contributed by atoms with Gasteiger partial charge < -0.3 is 30.0 Å². The van der Waals surface area contributed by atoms with Crippen molar-refractivity contribution in [3.63, 3.8) is 0 Å². The molecule has 0 aliphatic rings. The average Bonchev–Trinajstić information content (AvgIpc) is 2.88. The van der Waals surface area contributed by atoms with E-state index in [1.165, 1.54) is 7.11 Å². The van der Waals surface area contributed by atoms with E-state index in [4.69, 9.17) is 19.6 Å². The van der Waals surface area contributed by atoms with E-state index in [9.17, 15) is 9.90 Å². The zero-order chi connectivity index (χ0) is 17.9. The number of hydrogen-bond donors (Lipinski definition) is 3. The quantitative estimate of drug-likeness (QED) is 0.676. The van der Waals surface area contributed by atoms with Gasteiger partial charge in [-0.05, 0) is 19.1 Å². The number of nitrogens with two attached hydrogens (primary N) is 1. The summed E-state index contributed by atoms with van der Waals surface area (Å²) in [4.78, 5) is 11.5. The van der Waals surface area contributed by atoms with Crippen molar-refractivity contribution in [2.24, 2.45) is 5.73 Å². The fourth-order valence-electron chi connectivity index (χ4n) is 2.38. The maximum absolute atomic E-state index is 11.5. The smallest absolute Gasteiger partial charge is 0.284 e. The van der Waals surface area contributed by atoms with Crippen LogP contribution in [0.5, 0.6) is 11.5 Å². The van der Waals surface area contributed by atoms with Crippen molar-refractivity contribution in [1.82, 2.24) is 5.32 Å². The second-order valence-electron chi connectivity index (χ2n) is 5.92. The summed E-state index contributed by atoms with van der Waals surface area (Å²) in [6, 6.07) is 3.77. The number of aryl methyl sites for hydroxylation is 1. The van der Waals surface area contributed by atoms with Crippen molar-refractivity contribution in [2.75, 3.05) is 20.3 Å². The van der Waals surface area contributed by atoms with Crippen molar-refractivity contribution in [3.8, 4) is 11.5 Å². The van der Waals surface area contributed by atoms with Crippen LogP contribution in [-0.4, -0.2) is 43.4 Å². The van der Waals surface area contributed by atoms with E-state index >= 15 is 0 Å². The molecule has 1 unspecified atom stereocenters. The molecule has 1 aromatic heterocycles. The van der Waals surface area contributed by atoms with Crippen LogP contribution in [0.4, 0.5) is 0 Å². The number of primary amides is 1. The standard InChI is InChI=1S/C17H24N2O5/c1-9(2)19-7-11(20)8-23-16-13(22-4)6-5-12-10(3)14(17(18)21)24-15(12)16/h5-6,9,11,19-20H,7-8H2,1-4H3,(H2,18,21). The Morgan fingerprint density at radius 2 is 2.12 bits per heavy atom. The SMILES string of the molecule is COc1ccc2c(C)c(C(N)=O)oc2c1OCC(O)CNC(C)C. The molecule has 0 bridgehead atoms. The molecule has 0 aliphatic heterocycles. The topological polar surface area (TPSA) is 107 Å². The maximum Gasteiger partial charge on any atom is 0.284 e. The van der Waals surface area contributed by atoms with Gasteiger partial charge in [-0.2, -0.15) is 0 Å².